The number of hydrogen-bond acceptors (Lipinski definition) is 8. The second-order valence-corrected chi connectivity index (χ2v) is 4.17. The maximum atomic E-state index is 10.0. The smallest absolute Gasteiger partial charge is 0.252 e. The highest BCUT2D eigenvalue weighted by molar-refractivity contribution is 5.86. The van der Waals surface area contributed by atoms with Crippen LogP contribution in [0.25, 0.3) is 0 Å². The summed E-state index contributed by atoms with van der Waals surface area (Å²) in [5.41, 5.74) is 12.2. The summed E-state index contributed by atoms with van der Waals surface area (Å²) in [6.45, 7) is 5.92. The molecule has 0 amide bonds. The minimum Gasteiger partial charge on any atom is -0.507 e. The molecule has 108 valence electrons. The molecular formula is C12H19N7O. The molecule has 0 atom stereocenters. The number of benzene rings is 1. The Morgan fingerprint density at radius 2 is 2.20 bits per heavy atom. The monoisotopic (exact) mass is 277 g/mol. The molecule has 1 heterocycles. The zero-order valence-electron chi connectivity index (χ0n) is 11.5. The van der Waals surface area contributed by atoms with Gasteiger partial charge in [-0.15, -0.1) is 15.8 Å². The van der Waals surface area contributed by atoms with Crippen LogP contribution in [-0.2, 0) is 0 Å². The summed E-state index contributed by atoms with van der Waals surface area (Å²) in [5, 5.41) is 19.0. The van der Waals surface area contributed by atoms with Crippen LogP contribution in [0.2, 0.25) is 0 Å². The van der Waals surface area contributed by atoms with Crippen LogP contribution in [0.5, 0.6) is 5.75 Å². The number of hydrazine groups is 2. The SMILES string of the molecule is CCN(CC)c1ccc(/C=N/N2NNN=C2N)c(O)c1. The summed E-state index contributed by atoms with van der Waals surface area (Å²) in [7, 11) is 0. The van der Waals surface area contributed by atoms with Crippen LogP contribution in [0.3, 0.4) is 0 Å². The van der Waals surface area contributed by atoms with Crippen molar-refractivity contribution in [1.82, 2.24) is 16.2 Å². The fraction of sp³-hybridized carbons (Fsp3) is 0.333. The molecule has 0 saturated heterocycles. The first-order valence-electron chi connectivity index (χ1n) is 6.41. The molecule has 2 rings (SSSR count). The summed E-state index contributed by atoms with van der Waals surface area (Å²) in [5.74, 6) is 0.362. The molecule has 0 radical (unpaired) electrons. The van der Waals surface area contributed by atoms with E-state index in [1.165, 1.54) is 11.3 Å². The van der Waals surface area contributed by atoms with Gasteiger partial charge in [0.15, 0.2) is 0 Å². The number of guanidine groups is 1. The second kappa shape index (κ2) is 6.11. The van der Waals surface area contributed by atoms with Gasteiger partial charge in [-0.3, -0.25) is 0 Å². The quantitative estimate of drug-likeness (QED) is 0.571. The summed E-state index contributed by atoms with van der Waals surface area (Å²) >= 11 is 0. The van der Waals surface area contributed by atoms with Crippen molar-refractivity contribution in [2.24, 2.45) is 15.9 Å². The topological polar surface area (TPSA) is 102 Å². The minimum absolute atomic E-state index is 0.167. The third-order valence-electron chi connectivity index (χ3n) is 3.00. The Balaban J connectivity index is 2.13. The Kier molecular flexibility index (Phi) is 4.26. The predicted octanol–water partition coefficient (Wildman–Crippen LogP) is 0.127. The summed E-state index contributed by atoms with van der Waals surface area (Å²) in [6.07, 6.45) is 1.50. The lowest BCUT2D eigenvalue weighted by Gasteiger charge is -2.21. The molecule has 0 aromatic heterocycles. The number of nitrogens with zero attached hydrogens (tertiary/aromatic N) is 4. The van der Waals surface area contributed by atoms with E-state index >= 15 is 0 Å². The third kappa shape index (κ3) is 2.91. The summed E-state index contributed by atoms with van der Waals surface area (Å²) in [6, 6.07) is 5.48. The highest BCUT2D eigenvalue weighted by atomic mass is 16.3. The van der Waals surface area contributed by atoms with Crippen molar-refractivity contribution in [3.05, 3.63) is 23.8 Å². The van der Waals surface area contributed by atoms with E-state index in [0.717, 1.165) is 18.8 Å². The van der Waals surface area contributed by atoms with Crippen LogP contribution in [0.15, 0.2) is 28.4 Å². The molecular weight excluding hydrogens is 258 g/mol. The highest BCUT2D eigenvalue weighted by Crippen LogP contribution is 2.23. The van der Waals surface area contributed by atoms with Gasteiger partial charge in [-0.1, -0.05) is 0 Å². The largest absolute Gasteiger partial charge is 0.507 e. The van der Waals surface area contributed by atoms with E-state index in [-0.39, 0.29) is 11.7 Å². The summed E-state index contributed by atoms with van der Waals surface area (Å²) in [4.78, 5) is 2.15. The van der Waals surface area contributed by atoms with Gasteiger partial charge in [0.1, 0.15) is 5.75 Å². The Labute approximate surface area is 117 Å². The number of hydrogen-bond donors (Lipinski definition) is 4. The molecule has 1 aromatic rings. The summed E-state index contributed by atoms with van der Waals surface area (Å²) < 4.78 is 0. The van der Waals surface area contributed by atoms with Crippen molar-refractivity contribution >= 4 is 17.9 Å². The van der Waals surface area contributed by atoms with Gasteiger partial charge < -0.3 is 15.7 Å². The standard InChI is InChI=1S/C12H19N7O/c1-3-18(4-2)10-6-5-9(11(20)7-10)8-14-19-12(13)15-16-17-19/h5-8,16-17,20H,3-4H2,1-2H3,(H2,13,15)/b14-8+. The Morgan fingerprint density at radius 3 is 2.75 bits per heavy atom. The lowest BCUT2D eigenvalue weighted by atomic mass is 10.2. The van der Waals surface area contributed by atoms with Crippen LogP contribution in [0, 0.1) is 0 Å². The van der Waals surface area contributed by atoms with Crippen molar-refractivity contribution in [2.45, 2.75) is 13.8 Å². The van der Waals surface area contributed by atoms with Crippen molar-refractivity contribution in [1.29, 1.82) is 0 Å². The predicted molar refractivity (Wildman–Crippen MR) is 79.0 cm³/mol. The van der Waals surface area contributed by atoms with Crippen LogP contribution < -0.4 is 21.7 Å². The van der Waals surface area contributed by atoms with E-state index in [2.05, 4.69) is 40.0 Å². The van der Waals surface area contributed by atoms with Gasteiger partial charge in [0, 0.05) is 30.4 Å². The molecule has 8 nitrogen and oxygen atoms in total. The fourth-order valence-electron chi connectivity index (χ4n) is 1.87. The number of nitrogens with two attached hydrogens (primary N) is 1. The minimum atomic E-state index is 0.167. The van der Waals surface area contributed by atoms with Crippen molar-refractivity contribution < 1.29 is 5.11 Å². The molecule has 1 aromatic carbocycles. The molecule has 5 N–H and O–H groups in total. The number of phenolic OH excluding ortho intramolecular Hbond substituents is 1. The Morgan fingerprint density at radius 1 is 1.45 bits per heavy atom. The Hall–Kier alpha value is -2.48. The van der Waals surface area contributed by atoms with Crippen molar-refractivity contribution in [3.63, 3.8) is 0 Å². The highest BCUT2D eigenvalue weighted by Gasteiger charge is 2.11. The second-order valence-electron chi connectivity index (χ2n) is 4.17. The van der Waals surface area contributed by atoms with Gasteiger partial charge in [0.05, 0.1) is 6.21 Å². The first-order chi connectivity index (χ1) is 9.65. The maximum Gasteiger partial charge on any atom is 0.252 e. The Bertz CT molecular complexity index is 525. The van der Waals surface area contributed by atoms with Gasteiger partial charge >= 0.3 is 0 Å². The van der Waals surface area contributed by atoms with Gasteiger partial charge in [-0.25, -0.2) is 5.53 Å². The number of aromatic hydroxyl groups is 1. The average molecular weight is 277 g/mol. The fourth-order valence-corrected chi connectivity index (χ4v) is 1.87. The first kappa shape index (κ1) is 13.9. The lowest BCUT2D eigenvalue weighted by molar-refractivity contribution is 0.307. The van der Waals surface area contributed by atoms with Crippen LogP contribution in [0.4, 0.5) is 5.69 Å². The normalized spacial score (nSPS) is 14.5. The van der Waals surface area contributed by atoms with E-state index in [1.807, 2.05) is 12.1 Å². The van der Waals surface area contributed by atoms with Crippen molar-refractivity contribution in [3.8, 4) is 5.75 Å². The lowest BCUT2D eigenvalue weighted by Crippen LogP contribution is -2.39. The first-order valence-corrected chi connectivity index (χ1v) is 6.41. The van der Waals surface area contributed by atoms with E-state index < -0.39 is 0 Å². The third-order valence-corrected chi connectivity index (χ3v) is 3.00. The van der Waals surface area contributed by atoms with E-state index in [4.69, 9.17) is 5.73 Å². The molecule has 0 unspecified atom stereocenters. The molecule has 0 spiro atoms. The zero-order valence-corrected chi connectivity index (χ0v) is 11.5. The molecule has 8 heteroatoms. The van der Waals surface area contributed by atoms with Crippen LogP contribution in [0.1, 0.15) is 19.4 Å². The zero-order chi connectivity index (χ0) is 14.5. The van der Waals surface area contributed by atoms with E-state index in [0.29, 0.717) is 5.56 Å². The molecule has 0 bridgehead atoms. The molecule has 0 fully saturated rings. The van der Waals surface area contributed by atoms with Crippen molar-refractivity contribution in [2.75, 3.05) is 18.0 Å². The molecule has 0 saturated carbocycles. The van der Waals surface area contributed by atoms with E-state index in [1.54, 1.807) is 6.07 Å². The van der Waals surface area contributed by atoms with Crippen LogP contribution >= 0.6 is 0 Å². The number of phenols is 1. The van der Waals surface area contributed by atoms with Crippen LogP contribution in [-0.4, -0.2) is 35.5 Å². The average Bonchev–Trinajstić information content (AvgIpc) is 2.85. The number of anilines is 1. The molecule has 1 aliphatic rings. The maximum absolute atomic E-state index is 10.0. The van der Waals surface area contributed by atoms with Gasteiger partial charge in [-0.05, 0) is 26.0 Å². The number of rotatable bonds is 5. The van der Waals surface area contributed by atoms with Gasteiger partial charge in [-0.2, -0.15) is 5.10 Å². The van der Waals surface area contributed by atoms with Gasteiger partial charge in [0.25, 0.3) is 5.96 Å². The number of hydrazone groups is 2. The van der Waals surface area contributed by atoms with E-state index in [9.17, 15) is 5.11 Å². The number of nitrogens with one attached hydrogen (secondary N) is 2. The molecule has 0 aliphatic carbocycles. The van der Waals surface area contributed by atoms with Gasteiger partial charge in [0.2, 0.25) is 0 Å². The molecule has 20 heavy (non-hydrogen) atoms. The molecule has 1 aliphatic heterocycles.